The molecule has 10 nitrogen and oxygen atoms in total. The number of rotatable bonds is 6. The fourth-order valence-electron chi connectivity index (χ4n) is 3.89. The number of benzene rings is 1. The Morgan fingerprint density at radius 1 is 1.20 bits per heavy atom. The average Bonchev–Trinajstić information content (AvgIpc) is 3.16. The Labute approximate surface area is 226 Å². The number of ether oxygens (including phenoxy) is 1. The third kappa shape index (κ3) is 6.82. The van der Waals surface area contributed by atoms with Gasteiger partial charge in [-0.1, -0.05) is 13.8 Å². The van der Waals surface area contributed by atoms with E-state index >= 15 is 0 Å². The summed E-state index contributed by atoms with van der Waals surface area (Å²) >= 11 is 0. The van der Waals surface area contributed by atoms with Gasteiger partial charge in [0.1, 0.15) is 11.5 Å². The fourth-order valence-corrected chi connectivity index (χ4v) is 4.79. The molecular weight excluding hydrogens is 488 g/mol. The van der Waals surface area contributed by atoms with Crippen LogP contribution in [0.1, 0.15) is 60.1 Å². The predicted octanol–water partition coefficient (Wildman–Crippen LogP) is 2.41. The molecule has 1 radical (unpaired) electrons. The number of urea groups is 1. The van der Waals surface area contributed by atoms with E-state index in [0.29, 0.717) is 42.9 Å². The number of carbonyl (C=O) groups excluding carboxylic acids is 2. The van der Waals surface area contributed by atoms with Crippen molar-refractivity contribution in [2.45, 2.75) is 43.6 Å². The zero-order valence-electron chi connectivity index (χ0n) is 20.9. The Balaban J connectivity index is 0.00000432. The summed E-state index contributed by atoms with van der Waals surface area (Å²) in [7, 11) is 0.112. The maximum Gasteiger partial charge on any atom is 0.333 e. The zero-order valence-corrected chi connectivity index (χ0v) is 23.7. The summed E-state index contributed by atoms with van der Waals surface area (Å²) in [6.07, 6.45) is 1.32. The van der Waals surface area contributed by atoms with Crippen molar-refractivity contribution in [3.63, 3.8) is 0 Å². The maximum atomic E-state index is 14.4. The largest absolute Gasteiger partial charge is 0.381 e. The van der Waals surface area contributed by atoms with Gasteiger partial charge in [0.15, 0.2) is 5.03 Å². The van der Waals surface area contributed by atoms with E-state index in [1.807, 2.05) is 18.6 Å². The van der Waals surface area contributed by atoms with Gasteiger partial charge in [-0.2, -0.15) is 13.5 Å². The molecule has 3 rings (SSSR count). The molecule has 0 saturated carbocycles. The first-order valence-electron chi connectivity index (χ1n) is 10.9. The average molecular weight is 519 g/mol. The maximum absolute atomic E-state index is 14.4. The van der Waals surface area contributed by atoms with Crippen molar-refractivity contribution in [1.29, 1.82) is 0 Å². The van der Waals surface area contributed by atoms with Crippen LogP contribution in [-0.2, 0) is 21.8 Å². The van der Waals surface area contributed by atoms with Crippen LogP contribution in [0.4, 0.5) is 14.9 Å². The second kappa shape index (κ2) is 11.8. The van der Waals surface area contributed by atoms with Crippen molar-refractivity contribution in [3.05, 3.63) is 40.8 Å². The van der Waals surface area contributed by atoms with E-state index in [1.165, 1.54) is 38.2 Å². The zero-order chi connectivity index (χ0) is 25.2. The molecule has 13 heteroatoms. The summed E-state index contributed by atoms with van der Waals surface area (Å²) in [4.78, 5) is 26.3. The minimum absolute atomic E-state index is 0. The third-order valence-electron chi connectivity index (χ3n) is 5.67. The Bertz CT molecular complexity index is 1190. The van der Waals surface area contributed by atoms with Crippen molar-refractivity contribution < 1.29 is 27.1 Å². The van der Waals surface area contributed by atoms with Crippen molar-refractivity contribution in [3.8, 4) is 0 Å². The van der Waals surface area contributed by atoms with Gasteiger partial charge in [-0.05, 0) is 47.9 Å². The molecule has 1 aliphatic rings. The number of aryl methyl sites for hydroxylation is 1. The van der Waals surface area contributed by atoms with Gasteiger partial charge in [0.25, 0.3) is 15.9 Å². The van der Waals surface area contributed by atoms with Gasteiger partial charge in [0.2, 0.25) is 0 Å². The van der Waals surface area contributed by atoms with Crippen LogP contribution >= 0.6 is 0 Å². The number of sulfonamides is 1. The summed E-state index contributed by atoms with van der Waals surface area (Å²) in [5, 5.41) is 6.03. The Morgan fingerprint density at radius 2 is 1.83 bits per heavy atom. The predicted molar refractivity (Wildman–Crippen MR) is 130 cm³/mol. The number of hydrogen-bond acceptors (Lipinski definition) is 6. The number of carbonyl (C=O) groups is 2. The number of nitrogens with zero attached hydrogens (tertiary/aromatic N) is 3. The second-order valence-electron chi connectivity index (χ2n) is 8.75. The molecule has 0 spiro atoms. The number of nitrogens with one attached hydrogen (secondary N) is 2. The molecular formula is C22H30FN5NaO5S. The minimum Gasteiger partial charge on any atom is -0.381 e. The van der Waals surface area contributed by atoms with Gasteiger partial charge in [0.05, 0.1) is 0 Å². The Hall–Kier alpha value is -1.99. The van der Waals surface area contributed by atoms with Crippen LogP contribution in [0, 0.1) is 5.82 Å². The number of hydrogen-bond donors (Lipinski definition) is 2. The first kappa shape index (κ1) is 29.2. The van der Waals surface area contributed by atoms with E-state index in [2.05, 4.69) is 10.4 Å². The molecule has 2 heterocycles. The summed E-state index contributed by atoms with van der Waals surface area (Å²) in [5.41, 5.74) is 1.61. The smallest absolute Gasteiger partial charge is 0.333 e. The van der Waals surface area contributed by atoms with Crippen molar-refractivity contribution in [2.75, 3.05) is 32.6 Å². The van der Waals surface area contributed by atoms with Crippen molar-refractivity contribution in [2.24, 2.45) is 7.05 Å². The summed E-state index contributed by atoms with van der Waals surface area (Å²) < 4.78 is 48.5. The van der Waals surface area contributed by atoms with Gasteiger partial charge in [-0.3, -0.25) is 9.48 Å². The molecule has 2 N–H and O–H groups in total. The Morgan fingerprint density at radius 3 is 2.40 bits per heavy atom. The first-order chi connectivity index (χ1) is 15.9. The molecule has 3 amide bonds. The van der Waals surface area contributed by atoms with Crippen LogP contribution in [0.25, 0.3) is 0 Å². The van der Waals surface area contributed by atoms with Crippen LogP contribution in [0.5, 0.6) is 0 Å². The number of aromatic nitrogens is 2. The monoisotopic (exact) mass is 518 g/mol. The van der Waals surface area contributed by atoms with Gasteiger partial charge in [-0.15, -0.1) is 0 Å². The van der Waals surface area contributed by atoms with Crippen LogP contribution in [0.3, 0.4) is 0 Å². The summed E-state index contributed by atoms with van der Waals surface area (Å²) in [5.74, 6) is -1.02. The van der Waals surface area contributed by atoms with E-state index in [9.17, 15) is 22.4 Å². The molecule has 0 atom stereocenters. The van der Waals surface area contributed by atoms with Gasteiger partial charge in [0, 0.05) is 75.7 Å². The Kier molecular flexibility index (Phi) is 9.88. The molecule has 1 saturated heterocycles. The molecule has 1 fully saturated rings. The van der Waals surface area contributed by atoms with E-state index in [1.54, 1.807) is 0 Å². The topological polar surface area (TPSA) is 123 Å². The summed E-state index contributed by atoms with van der Waals surface area (Å²) in [6.45, 7) is 4.76. The molecule has 187 valence electrons. The van der Waals surface area contributed by atoms with Gasteiger partial charge in [-0.25, -0.2) is 13.9 Å². The van der Waals surface area contributed by atoms with Gasteiger partial charge < -0.3 is 15.0 Å². The second-order valence-corrected chi connectivity index (χ2v) is 10.4. The molecule has 0 aliphatic carbocycles. The third-order valence-corrected chi connectivity index (χ3v) is 6.88. The van der Waals surface area contributed by atoms with Gasteiger partial charge >= 0.3 is 6.03 Å². The van der Waals surface area contributed by atoms with E-state index in [-0.39, 0.29) is 47.1 Å². The van der Waals surface area contributed by atoms with Crippen LogP contribution in [0.2, 0.25) is 0 Å². The normalized spacial score (nSPS) is 14.4. The first-order valence-corrected chi connectivity index (χ1v) is 12.4. The molecule has 1 aromatic carbocycles. The van der Waals surface area contributed by atoms with Crippen LogP contribution in [0.15, 0.2) is 23.2 Å². The number of amides is 3. The van der Waals surface area contributed by atoms with E-state index in [0.717, 1.165) is 10.7 Å². The van der Waals surface area contributed by atoms with Crippen molar-refractivity contribution in [1.82, 2.24) is 19.4 Å². The van der Waals surface area contributed by atoms with E-state index in [4.69, 9.17) is 4.74 Å². The fraction of sp³-hybridized carbons (Fsp3) is 0.500. The number of halogens is 1. The van der Waals surface area contributed by atoms with Crippen molar-refractivity contribution >= 4 is 57.2 Å². The number of anilines is 1. The molecule has 1 aliphatic heterocycles. The molecule has 0 unspecified atom stereocenters. The SMILES string of the molecule is CC(C)c1cc(F)cc(C2CCOCC2)c1NC(=O)NS(=O)(=O)c1cc(C(=O)N(C)C)n(C)n1.[Na]. The minimum atomic E-state index is -4.38. The molecule has 2 aromatic rings. The van der Waals surface area contributed by atoms with Crippen LogP contribution < -0.4 is 10.0 Å². The summed E-state index contributed by atoms with van der Waals surface area (Å²) in [6, 6.07) is 2.82. The van der Waals surface area contributed by atoms with E-state index < -0.39 is 32.8 Å². The molecule has 0 bridgehead atoms. The standard InChI is InChI=1S/C22H30FN5O5S.Na/c1-13(2)16-10-15(23)11-17(14-6-8-33-9-7-14)20(16)24-22(30)26-34(31,32)19-12-18(28(5)25-19)21(29)27(3)4;/h10-14H,6-9H2,1-5H3,(H2,24,26,30);. The van der Waals surface area contributed by atoms with Crippen LogP contribution in [-0.4, -0.2) is 91.9 Å². The quantitative estimate of drug-likeness (QED) is 0.567. The molecule has 1 aromatic heterocycles. The molecule has 35 heavy (non-hydrogen) atoms.